The lowest BCUT2D eigenvalue weighted by atomic mass is 10.1. The molecule has 1 atom stereocenters. The number of ether oxygens (including phenoxy) is 2. The highest BCUT2D eigenvalue weighted by Gasteiger charge is 2.13. The van der Waals surface area contributed by atoms with E-state index < -0.39 is 0 Å². The van der Waals surface area contributed by atoms with Gasteiger partial charge in [0, 0.05) is 12.1 Å². The van der Waals surface area contributed by atoms with E-state index in [0.717, 1.165) is 36.1 Å². The van der Waals surface area contributed by atoms with Gasteiger partial charge in [0.25, 0.3) is 0 Å². The molecule has 2 aromatic rings. The lowest BCUT2D eigenvalue weighted by Gasteiger charge is -2.06. The molecule has 0 aliphatic rings. The van der Waals surface area contributed by atoms with Crippen LogP contribution in [0.25, 0.3) is 11.0 Å². The van der Waals surface area contributed by atoms with E-state index in [-0.39, 0.29) is 6.04 Å². The van der Waals surface area contributed by atoms with E-state index in [1.807, 2.05) is 12.1 Å². The van der Waals surface area contributed by atoms with Gasteiger partial charge in [0.2, 0.25) is 0 Å². The summed E-state index contributed by atoms with van der Waals surface area (Å²) in [6.07, 6.45) is 3.17. The summed E-state index contributed by atoms with van der Waals surface area (Å²) in [7, 11) is 3.23. The summed E-state index contributed by atoms with van der Waals surface area (Å²) in [5.41, 5.74) is 7.89. The molecular formula is C14H21N3O2. The second kappa shape index (κ2) is 5.93. The molecule has 19 heavy (non-hydrogen) atoms. The number of rotatable bonds is 6. The van der Waals surface area contributed by atoms with E-state index in [2.05, 4.69) is 16.9 Å². The molecule has 3 N–H and O–H groups in total. The molecule has 1 unspecified atom stereocenters. The number of methoxy groups -OCH3 is 2. The molecular weight excluding hydrogens is 242 g/mol. The maximum Gasteiger partial charge on any atom is 0.163 e. The summed E-state index contributed by atoms with van der Waals surface area (Å²) in [6, 6.07) is 3.70. The third kappa shape index (κ3) is 2.81. The van der Waals surface area contributed by atoms with E-state index in [1.54, 1.807) is 14.2 Å². The van der Waals surface area contributed by atoms with Crippen LogP contribution in [0.2, 0.25) is 0 Å². The first-order chi connectivity index (χ1) is 9.19. The molecule has 0 spiro atoms. The summed E-state index contributed by atoms with van der Waals surface area (Å²) in [4.78, 5) is 7.79. The van der Waals surface area contributed by atoms with E-state index >= 15 is 0 Å². The number of aromatic amines is 1. The summed E-state index contributed by atoms with van der Waals surface area (Å²) >= 11 is 0. The van der Waals surface area contributed by atoms with Crippen molar-refractivity contribution in [3.63, 3.8) is 0 Å². The highest BCUT2D eigenvalue weighted by Crippen LogP contribution is 2.31. The number of benzene rings is 1. The van der Waals surface area contributed by atoms with Crippen molar-refractivity contribution in [3.05, 3.63) is 18.0 Å². The second-order valence-corrected chi connectivity index (χ2v) is 4.60. The first-order valence-electron chi connectivity index (χ1n) is 6.56. The summed E-state index contributed by atoms with van der Waals surface area (Å²) in [5, 5.41) is 0. The predicted molar refractivity (Wildman–Crippen MR) is 75.7 cm³/mol. The molecule has 5 nitrogen and oxygen atoms in total. The Hall–Kier alpha value is -1.75. The number of H-pyrrole nitrogens is 1. The zero-order valence-corrected chi connectivity index (χ0v) is 11.7. The molecule has 104 valence electrons. The van der Waals surface area contributed by atoms with Gasteiger partial charge in [-0.15, -0.1) is 0 Å². The van der Waals surface area contributed by atoms with Crippen LogP contribution >= 0.6 is 0 Å². The second-order valence-electron chi connectivity index (χ2n) is 4.60. The Morgan fingerprint density at radius 3 is 2.58 bits per heavy atom. The topological polar surface area (TPSA) is 73.2 Å². The third-order valence-electron chi connectivity index (χ3n) is 3.23. The normalized spacial score (nSPS) is 12.6. The van der Waals surface area contributed by atoms with Crippen LogP contribution in [0.15, 0.2) is 12.1 Å². The quantitative estimate of drug-likeness (QED) is 0.840. The minimum absolute atomic E-state index is 0.0515. The van der Waals surface area contributed by atoms with E-state index in [9.17, 15) is 0 Å². The van der Waals surface area contributed by atoms with E-state index in [0.29, 0.717) is 11.5 Å². The molecule has 5 heteroatoms. The van der Waals surface area contributed by atoms with Crippen molar-refractivity contribution >= 4 is 11.0 Å². The number of aromatic nitrogens is 2. The molecule has 0 amide bonds. The van der Waals surface area contributed by atoms with Crippen molar-refractivity contribution in [2.75, 3.05) is 14.2 Å². The SMILES string of the molecule is CCCCC(N)c1nc2cc(OC)c(OC)cc2[nH]1. The van der Waals surface area contributed by atoms with Crippen LogP contribution in [0.3, 0.4) is 0 Å². The van der Waals surface area contributed by atoms with Crippen LogP contribution in [-0.2, 0) is 0 Å². The smallest absolute Gasteiger partial charge is 0.163 e. The molecule has 1 aromatic carbocycles. The average Bonchev–Trinajstić information content (AvgIpc) is 2.85. The lowest BCUT2D eigenvalue weighted by Crippen LogP contribution is -2.11. The van der Waals surface area contributed by atoms with Gasteiger partial charge in [-0.1, -0.05) is 19.8 Å². The molecule has 0 bridgehead atoms. The van der Waals surface area contributed by atoms with Gasteiger partial charge in [0.1, 0.15) is 5.82 Å². The zero-order valence-electron chi connectivity index (χ0n) is 11.7. The van der Waals surface area contributed by atoms with Crippen molar-refractivity contribution in [2.45, 2.75) is 32.2 Å². The monoisotopic (exact) mass is 263 g/mol. The number of fused-ring (bicyclic) bond motifs is 1. The van der Waals surface area contributed by atoms with Crippen molar-refractivity contribution < 1.29 is 9.47 Å². The third-order valence-corrected chi connectivity index (χ3v) is 3.23. The minimum Gasteiger partial charge on any atom is -0.493 e. The molecule has 2 rings (SSSR count). The lowest BCUT2D eigenvalue weighted by molar-refractivity contribution is 0.356. The van der Waals surface area contributed by atoms with Crippen LogP contribution in [0.1, 0.15) is 38.1 Å². The van der Waals surface area contributed by atoms with Gasteiger partial charge in [0.05, 0.1) is 31.3 Å². The zero-order chi connectivity index (χ0) is 13.8. The van der Waals surface area contributed by atoms with Crippen LogP contribution in [-0.4, -0.2) is 24.2 Å². The molecule has 1 aromatic heterocycles. The molecule has 0 fully saturated rings. The van der Waals surface area contributed by atoms with Gasteiger partial charge < -0.3 is 20.2 Å². The first kappa shape index (κ1) is 13.7. The number of unbranched alkanes of at least 4 members (excludes halogenated alkanes) is 1. The van der Waals surface area contributed by atoms with Crippen molar-refractivity contribution in [3.8, 4) is 11.5 Å². The number of nitrogens with two attached hydrogens (primary N) is 1. The maximum absolute atomic E-state index is 6.13. The van der Waals surface area contributed by atoms with Gasteiger partial charge in [-0.25, -0.2) is 4.98 Å². The van der Waals surface area contributed by atoms with Crippen LogP contribution < -0.4 is 15.2 Å². The Morgan fingerprint density at radius 2 is 1.95 bits per heavy atom. The Kier molecular flexibility index (Phi) is 4.27. The summed E-state index contributed by atoms with van der Waals surface area (Å²) < 4.78 is 10.5. The number of hydrogen-bond donors (Lipinski definition) is 2. The number of nitrogens with one attached hydrogen (secondary N) is 1. The van der Waals surface area contributed by atoms with Crippen LogP contribution in [0, 0.1) is 0 Å². The maximum atomic E-state index is 6.13. The number of hydrogen-bond acceptors (Lipinski definition) is 4. The Balaban J connectivity index is 2.34. The van der Waals surface area contributed by atoms with Gasteiger partial charge in [-0.05, 0) is 6.42 Å². The fourth-order valence-electron chi connectivity index (χ4n) is 2.09. The largest absolute Gasteiger partial charge is 0.493 e. The van der Waals surface area contributed by atoms with Gasteiger partial charge in [0.15, 0.2) is 11.5 Å². The predicted octanol–water partition coefficient (Wildman–Crippen LogP) is 2.77. The van der Waals surface area contributed by atoms with E-state index in [1.165, 1.54) is 0 Å². The average molecular weight is 263 g/mol. The Bertz CT molecular complexity index is 510. The van der Waals surface area contributed by atoms with Gasteiger partial charge in [-0.2, -0.15) is 0 Å². The van der Waals surface area contributed by atoms with Crippen LogP contribution in [0.4, 0.5) is 0 Å². The van der Waals surface area contributed by atoms with Crippen molar-refractivity contribution in [1.82, 2.24) is 9.97 Å². The minimum atomic E-state index is -0.0515. The first-order valence-corrected chi connectivity index (χ1v) is 6.56. The fraction of sp³-hybridized carbons (Fsp3) is 0.500. The van der Waals surface area contributed by atoms with Crippen LogP contribution in [0.5, 0.6) is 11.5 Å². The standard InChI is InChI=1S/C14H21N3O2/c1-4-5-6-9(15)14-16-10-7-12(18-2)13(19-3)8-11(10)17-14/h7-9H,4-6,15H2,1-3H3,(H,16,17). The highest BCUT2D eigenvalue weighted by molar-refractivity contribution is 5.79. The fourth-order valence-corrected chi connectivity index (χ4v) is 2.09. The Morgan fingerprint density at radius 1 is 1.26 bits per heavy atom. The molecule has 0 saturated carbocycles. The molecule has 0 radical (unpaired) electrons. The molecule has 0 saturated heterocycles. The highest BCUT2D eigenvalue weighted by atomic mass is 16.5. The number of imidazole rings is 1. The summed E-state index contributed by atoms with van der Waals surface area (Å²) in [6.45, 7) is 2.15. The molecule has 0 aliphatic carbocycles. The van der Waals surface area contributed by atoms with Gasteiger partial charge in [-0.3, -0.25) is 0 Å². The van der Waals surface area contributed by atoms with Gasteiger partial charge >= 0.3 is 0 Å². The van der Waals surface area contributed by atoms with Crippen molar-refractivity contribution in [1.29, 1.82) is 0 Å². The Labute approximate surface area is 113 Å². The van der Waals surface area contributed by atoms with Crippen molar-refractivity contribution in [2.24, 2.45) is 5.73 Å². The molecule has 1 heterocycles. The molecule has 0 aliphatic heterocycles. The summed E-state index contributed by atoms with van der Waals surface area (Å²) in [5.74, 6) is 2.18. The van der Waals surface area contributed by atoms with E-state index in [4.69, 9.17) is 15.2 Å². The number of nitrogens with zero attached hydrogens (tertiary/aromatic N) is 1.